The van der Waals surface area contributed by atoms with E-state index in [9.17, 15) is 4.79 Å². The summed E-state index contributed by atoms with van der Waals surface area (Å²) in [4.78, 5) is 15.4. The third-order valence-corrected chi connectivity index (χ3v) is 2.77. The van der Waals surface area contributed by atoms with Crippen LogP contribution in [0.1, 0.15) is 25.3 Å². The summed E-state index contributed by atoms with van der Waals surface area (Å²) in [6.07, 6.45) is 1.78. The van der Waals surface area contributed by atoms with Crippen molar-refractivity contribution in [1.82, 2.24) is 4.90 Å². The molecule has 0 bridgehead atoms. The zero-order valence-corrected chi connectivity index (χ0v) is 12.7. The molecule has 0 saturated carbocycles. The van der Waals surface area contributed by atoms with Crippen molar-refractivity contribution in [3.05, 3.63) is 29.8 Å². The van der Waals surface area contributed by atoms with Gasteiger partial charge in [-0.3, -0.25) is 4.58 Å². The number of hydrogen-bond acceptors (Lipinski definition) is 1. The van der Waals surface area contributed by atoms with Crippen molar-refractivity contribution in [3.8, 4) is 0 Å². The number of benzene rings is 1. The number of hydrogen-bond donors (Lipinski definition) is 0. The molecule has 1 rings (SSSR count). The van der Waals surface area contributed by atoms with Crippen molar-refractivity contribution in [1.29, 1.82) is 0 Å². The predicted molar refractivity (Wildman–Crippen MR) is 80.3 cm³/mol. The number of carbonyl (C=O) groups is 1. The van der Waals surface area contributed by atoms with Crippen LogP contribution in [0.15, 0.2) is 24.3 Å². The van der Waals surface area contributed by atoms with Crippen LogP contribution < -0.4 is 4.90 Å². The Morgan fingerprint density at radius 2 is 1.68 bits per heavy atom. The van der Waals surface area contributed by atoms with Crippen molar-refractivity contribution < 1.29 is 9.37 Å². The Balaban J connectivity index is 3.11. The molecule has 0 aliphatic carbocycles. The lowest BCUT2D eigenvalue weighted by Crippen LogP contribution is -2.40. The SMILES string of the molecule is CC(C)c1ccc(N(C=[N+](C)C)C(=O)N(C)C)cc1. The molecule has 0 N–H and O–H groups in total. The van der Waals surface area contributed by atoms with Crippen LogP contribution in [0.5, 0.6) is 0 Å². The van der Waals surface area contributed by atoms with Gasteiger partial charge in [0.1, 0.15) is 5.69 Å². The number of amides is 2. The van der Waals surface area contributed by atoms with Crippen LogP contribution in [0.25, 0.3) is 0 Å². The van der Waals surface area contributed by atoms with Gasteiger partial charge in [-0.05, 0) is 23.6 Å². The molecule has 0 atom stereocenters. The van der Waals surface area contributed by atoms with E-state index in [1.165, 1.54) is 5.56 Å². The van der Waals surface area contributed by atoms with Gasteiger partial charge in [-0.25, -0.2) is 4.79 Å². The van der Waals surface area contributed by atoms with Crippen molar-refractivity contribution in [3.63, 3.8) is 0 Å². The van der Waals surface area contributed by atoms with Gasteiger partial charge < -0.3 is 4.90 Å². The van der Waals surface area contributed by atoms with Crippen molar-refractivity contribution in [2.75, 3.05) is 33.1 Å². The van der Waals surface area contributed by atoms with Crippen LogP contribution in [0.3, 0.4) is 0 Å². The van der Waals surface area contributed by atoms with Gasteiger partial charge in [-0.1, -0.05) is 26.0 Å². The van der Waals surface area contributed by atoms with E-state index in [1.54, 1.807) is 30.2 Å². The fourth-order valence-electron chi connectivity index (χ4n) is 1.69. The molecule has 0 unspecified atom stereocenters. The molecule has 4 nitrogen and oxygen atoms in total. The average molecular weight is 262 g/mol. The molecule has 0 aliphatic heterocycles. The van der Waals surface area contributed by atoms with Crippen molar-refractivity contribution in [2.24, 2.45) is 0 Å². The third kappa shape index (κ3) is 4.09. The zero-order valence-electron chi connectivity index (χ0n) is 12.7. The van der Waals surface area contributed by atoms with E-state index in [0.717, 1.165) is 5.69 Å². The van der Waals surface area contributed by atoms with E-state index in [4.69, 9.17) is 0 Å². The molecular weight excluding hydrogens is 238 g/mol. The Labute approximate surface area is 116 Å². The third-order valence-electron chi connectivity index (χ3n) is 2.77. The molecule has 0 saturated heterocycles. The summed E-state index contributed by atoms with van der Waals surface area (Å²) < 4.78 is 1.86. The highest BCUT2D eigenvalue weighted by Gasteiger charge is 2.23. The number of urea groups is 1. The molecule has 19 heavy (non-hydrogen) atoms. The molecule has 1 aromatic carbocycles. The largest absolute Gasteiger partial charge is 0.415 e. The summed E-state index contributed by atoms with van der Waals surface area (Å²) in [5, 5.41) is 0. The van der Waals surface area contributed by atoms with Gasteiger partial charge >= 0.3 is 6.03 Å². The molecule has 0 fully saturated rings. The highest BCUT2D eigenvalue weighted by atomic mass is 16.2. The molecular formula is C15H24N3O+. The summed E-state index contributed by atoms with van der Waals surface area (Å²) in [6.45, 7) is 4.31. The highest BCUT2D eigenvalue weighted by molar-refractivity contribution is 6.06. The van der Waals surface area contributed by atoms with E-state index < -0.39 is 0 Å². The van der Waals surface area contributed by atoms with E-state index in [1.807, 2.05) is 30.8 Å². The summed E-state index contributed by atoms with van der Waals surface area (Å²) in [6, 6.07) is 8.04. The standard InChI is InChI=1S/C15H24N3O/c1-12(2)13-7-9-14(10-8-13)18(11-16(3)4)15(19)17(5)6/h7-12H,1-6H3/q+1. The number of anilines is 1. The van der Waals surface area contributed by atoms with E-state index in [2.05, 4.69) is 26.0 Å². The van der Waals surface area contributed by atoms with Gasteiger partial charge in [-0.2, -0.15) is 0 Å². The molecule has 1 aromatic rings. The Hall–Kier alpha value is -1.84. The maximum atomic E-state index is 12.2. The van der Waals surface area contributed by atoms with Crippen LogP contribution in [-0.2, 0) is 0 Å². The van der Waals surface area contributed by atoms with Gasteiger partial charge in [0.25, 0.3) is 0 Å². The average Bonchev–Trinajstić information content (AvgIpc) is 2.35. The van der Waals surface area contributed by atoms with Crippen molar-refractivity contribution >= 4 is 18.1 Å². The molecule has 104 valence electrons. The Morgan fingerprint density at radius 3 is 2.05 bits per heavy atom. The van der Waals surface area contributed by atoms with Gasteiger partial charge in [0, 0.05) is 14.1 Å². The van der Waals surface area contributed by atoms with Crippen molar-refractivity contribution in [2.45, 2.75) is 19.8 Å². The van der Waals surface area contributed by atoms with Crippen LogP contribution in [0.4, 0.5) is 10.5 Å². The van der Waals surface area contributed by atoms with Crippen LogP contribution >= 0.6 is 0 Å². The van der Waals surface area contributed by atoms with Gasteiger partial charge in [0.2, 0.25) is 6.34 Å². The molecule has 4 heteroatoms. The zero-order chi connectivity index (χ0) is 14.6. The first-order chi connectivity index (χ1) is 8.82. The number of rotatable bonds is 3. The smallest absolute Gasteiger partial charge is 0.310 e. The normalized spacial score (nSPS) is 10.3. The predicted octanol–water partition coefficient (Wildman–Crippen LogP) is 2.60. The first-order valence-corrected chi connectivity index (χ1v) is 6.44. The first kappa shape index (κ1) is 15.2. The molecule has 0 aliphatic rings. The molecule has 0 heterocycles. The number of carbonyl (C=O) groups excluding carboxylic acids is 1. The fourth-order valence-corrected chi connectivity index (χ4v) is 1.69. The minimum absolute atomic E-state index is 0.0639. The topological polar surface area (TPSA) is 26.6 Å². The van der Waals surface area contributed by atoms with Crippen LogP contribution in [-0.4, -0.2) is 50.0 Å². The summed E-state index contributed by atoms with van der Waals surface area (Å²) in [5.74, 6) is 0.491. The first-order valence-electron chi connectivity index (χ1n) is 6.44. The molecule has 2 amide bonds. The second-order valence-electron chi connectivity index (χ2n) is 5.37. The maximum absolute atomic E-state index is 12.2. The lowest BCUT2D eigenvalue weighted by Gasteiger charge is -2.16. The van der Waals surface area contributed by atoms with Gasteiger partial charge in [-0.15, -0.1) is 4.90 Å². The van der Waals surface area contributed by atoms with E-state index in [0.29, 0.717) is 5.92 Å². The Morgan fingerprint density at radius 1 is 1.16 bits per heavy atom. The summed E-state index contributed by atoms with van der Waals surface area (Å²) >= 11 is 0. The Bertz CT molecular complexity index is 457. The summed E-state index contributed by atoms with van der Waals surface area (Å²) in [5.41, 5.74) is 2.14. The number of nitrogens with zero attached hydrogens (tertiary/aromatic N) is 3. The van der Waals surface area contributed by atoms with Crippen LogP contribution in [0.2, 0.25) is 0 Å². The van der Waals surface area contributed by atoms with Gasteiger partial charge in [0.05, 0.1) is 14.1 Å². The summed E-state index contributed by atoms with van der Waals surface area (Å²) in [7, 11) is 7.31. The minimum atomic E-state index is -0.0639. The van der Waals surface area contributed by atoms with Gasteiger partial charge in [0.15, 0.2) is 0 Å². The second kappa shape index (κ2) is 6.36. The van der Waals surface area contributed by atoms with E-state index >= 15 is 0 Å². The quantitative estimate of drug-likeness (QED) is 0.467. The molecule has 0 spiro atoms. The van der Waals surface area contributed by atoms with Crippen LogP contribution in [0, 0.1) is 0 Å². The Kier molecular flexibility index (Phi) is 5.10. The maximum Gasteiger partial charge on any atom is 0.415 e. The second-order valence-corrected chi connectivity index (χ2v) is 5.37. The molecule has 0 aromatic heterocycles. The monoisotopic (exact) mass is 262 g/mol. The lowest BCUT2D eigenvalue weighted by atomic mass is 10.0. The lowest BCUT2D eigenvalue weighted by molar-refractivity contribution is -0.460. The fraction of sp³-hybridized carbons (Fsp3) is 0.467. The highest BCUT2D eigenvalue weighted by Crippen LogP contribution is 2.20. The minimum Gasteiger partial charge on any atom is -0.310 e. The molecule has 0 radical (unpaired) electrons. The van der Waals surface area contributed by atoms with E-state index in [-0.39, 0.29) is 6.03 Å².